The van der Waals surface area contributed by atoms with Gasteiger partial charge in [-0.3, -0.25) is 4.79 Å². The van der Waals surface area contributed by atoms with Gasteiger partial charge in [0.25, 0.3) is 0 Å². The van der Waals surface area contributed by atoms with Crippen LogP contribution in [0.4, 0.5) is 0 Å². The standard InChI is InChI=1S/C11H20BrNOS/c1-7(2)10(12)11(14)13-8-5-4-6-9(8)15-3/h7-10H,4-6H2,1-3H3,(H,13,14). The third-order valence-electron chi connectivity index (χ3n) is 2.92. The highest BCUT2D eigenvalue weighted by Gasteiger charge is 2.29. The van der Waals surface area contributed by atoms with E-state index in [1.54, 1.807) is 0 Å². The summed E-state index contributed by atoms with van der Waals surface area (Å²) in [7, 11) is 0. The van der Waals surface area contributed by atoms with Crippen molar-refractivity contribution < 1.29 is 4.79 Å². The Balaban J connectivity index is 2.43. The molecule has 0 saturated heterocycles. The van der Waals surface area contributed by atoms with Crippen LogP contribution in [0, 0.1) is 5.92 Å². The van der Waals surface area contributed by atoms with Crippen LogP contribution in [0.5, 0.6) is 0 Å². The highest BCUT2D eigenvalue weighted by molar-refractivity contribution is 9.10. The second-order valence-electron chi connectivity index (χ2n) is 4.47. The molecule has 0 aromatic heterocycles. The topological polar surface area (TPSA) is 29.1 Å². The lowest BCUT2D eigenvalue weighted by atomic mass is 10.1. The smallest absolute Gasteiger partial charge is 0.234 e. The second kappa shape index (κ2) is 6.14. The van der Waals surface area contributed by atoms with Gasteiger partial charge in [0, 0.05) is 11.3 Å². The highest BCUT2D eigenvalue weighted by Crippen LogP contribution is 2.28. The summed E-state index contributed by atoms with van der Waals surface area (Å²) >= 11 is 5.31. The van der Waals surface area contributed by atoms with E-state index in [1.165, 1.54) is 12.8 Å². The number of carbonyl (C=O) groups is 1. The number of rotatable bonds is 4. The van der Waals surface area contributed by atoms with Gasteiger partial charge >= 0.3 is 0 Å². The lowest BCUT2D eigenvalue weighted by Crippen LogP contribution is -2.43. The zero-order valence-corrected chi connectivity index (χ0v) is 12.0. The largest absolute Gasteiger partial charge is 0.351 e. The van der Waals surface area contributed by atoms with Crippen molar-refractivity contribution in [1.82, 2.24) is 5.32 Å². The van der Waals surface area contributed by atoms with E-state index in [-0.39, 0.29) is 10.7 Å². The molecular weight excluding hydrogens is 274 g/mol. The minimum atomic E-state index is -0.0550. The van der Waals surface area contributed by atoms with Crippen LogP contribution in [0.1, 0.15) is 33.1 Å². The lowest BCUT2D eigenvalue weighted by molar-refractivity contribution is -0.121. The van der Waals surface area contributed by atoms with E-state index in [9.17, 15) is 4.79 Å². The Hall–Kier alpha value is 0.300. The number of hydrogen-bond donors (Lipinski definition) is 1. The van der Waals surface area contributed by atoms with Crippen molar-refractivity contribution in [2.45, 2.75) is 49.2 Å². The molecular formula is C11H20BrNOS. The van der Waals surface area contributed by atoms with Gasteiger partial charge in [0.1, 0.15) is 0 Å². The second-order valence-corrected chi connectivity index (χ2v) is 6.53. The Labute approximate surface area is 105 Å². The average molecular weight is 294 g/mol. The predicted molar refractivity (Wildman–Crippen MR) is 70.6 cm³/mol. The van der Waals surface area contributed by atoms with E-state index in [1.807, 2.05) is 11.8 Å². The first-order valence-corrected chi connectivity index (χ1v) is 7.74. The van der Waals surface area contributed by atoms with Gasteiger partial charge in [-0.25, -0.2) is 0 Å². The maximum absolute atomic E-state index is 11.8. The van der Waals surface area contributed by atoms with Gasteiger partial charge in [0.05, 0.1) is 4.83 Å². The van der Waals surface area contributed by atoms with E-state index < -0.39 is 0 Å². The number of thioether (sulfide) groups is 1. The first-order valence-electron chi connectivity index (χ1n) is 5.53. The van der Waals surface area contributed by atoms with E-state index in [4.69, 9.17) is 0 Å². The normalized spacial score (nSPS) is 28.1. The molecule has 1 rings (SSSR count). The average Bonchev–Trinajstić information content (AvgIpc) is 2.63. The Kier molecular flexibility index (Phi) is 5.47. The van der Waals surface area contributed by atoms with Crippen molar-refractivity contribution in [3.63, 3.8) is 0 Å². The summed E-state index contributed by atoms with van der Waals surface area (Å²) in [5, 5.41) is 3.77. The SMILES string of the molecule is CSC1CCCC1NC(=O)C(Br)C(C)C. The quantitative estimate of drug-likeness (QED) is 0.808. The third-order valence-corrected chi connectivity index (χ3v) is 5.56. The molecule has 0 aromatic carbocycles. The molecule has 0 bridgehead atoms. The molecule has 0 spiro atoms. The van der Waals surface area contributed by atoms with Crippen LogP contribution in [0.15, 0.2) is 0 Å². The van der Waals surface area contributed by atoms with Crippen molar-refractivity contribution in [3.8, 4) is 0 Å². The molecule has 1 amide bonds. The van der Waals surface area contributed by atoms with E-state index in [0.29, 0.717) is 17.2 Å². The predicted octanol–water partition coefficient (Wildman–Crippen LogP) is 2.81. The Morgan fingerprint density at radius 1 is 1.47 bits per heavy atom. The first kappa shape index (κ1) is 13.4. The molecule has 0 radical (unpaired) electrons. The van der Waals surface area contributed by atoms with E-state index in [2.05, 4.69) is 41.3 Å². The zero-order chi connectivity index (χ0) is 11.4. The Morgan fingerprint density at radius 2 is 2.13 bits per heavy atom. The summed E-state index contributed by atoms with van der Waals surface area (Å²) in [5.41, 5.74) is 0. The molecule has 4 heteroatoms. The van der Waals surface area contributed by atoms with Crippen LogP contribution in [0.2, 0.25) is 0 Å². The number of amides is 1. The zero-order valence-electron chi connectivity index (χ0n) is 9.63. The highest BCUT2D eigenvalue weighted by atomic mass is 79.9. The summed E-state index contributed by atoms with van der Waals surface area (Å²) in [4.78, 5) is 11.8. The molecule has 0 aromatic rings. The number of halogens is 1. The molecule has 88 valence electrons. The van der Waals surface area contributed by atoms with Gasteiger partial charge in [0.15, 0.2) is 0 Å². The molecule has 0 aliphatic heterocycles. The molecule has 0 heterocycles. The number of hydrogen-bond acceptors (Lipinski definition) is 2. The Bertz CT molecular complexity index is 223. The molecule has 3 unspecified atom stereocenters. The van der Waals surface area contributed by atoms with E-state index in [0.717, 1.165) is 6.42 Å². The van der Waals surface area contributed by atoms with Crippen LogP contribution in [-0.4, -0.2) is 28.3 Å². The third kappa shape index (κ3) is 3.66. The fraction of sp³-hybridized carbons (Fsp3) is 0.909. The molecule has 1 N–H and O–H groups in total. The fourth-order valence-corrected chi connectivity index (χ4v) is 3.01. The monoisotopic (exact) mass is 293 g/mol. The van der Waals surface area contributed by atoms with Gasteiger partial charge in [0.2, 0.25) is 5.91 Å². The number of alkyl halides is 1. The van der Waals surface area contributed by atoms with Crippen molar-refractivity contribution in [2.24, 2.45) is 5.92 Å². The molecule has 3 atom stereocenters. The minimum absolute atomic E-state index is 0.0550. The Morgan fingerprint density at radius 3 is 2.67 bits per heavy atom. The summed E-state index contributed by atoms with van der Waals surface area (Å²) < 4.78 is 0. The number of carbonyl (C=O) groups excluding carboxylic acids is 1. The maximum atomic E-state index is 11.8. The van der Waals surface area contributed by atoms with Crippen molar-refractivity contribution in [2.75, 3.05) is 6.26 Å². The van der Waals surface area contributed by atoms with Crippen molar-refractivity contribution >= 4 is 33.6 Å². The van der Waals surface area contributed by atoms with Crippen LogP contribution < -0.4 is 5.32 Å². The first-order chi connectivity index (χ1) is 7.06. The lowest BCUT2D eigenvalue weighted by Gasteiger charge is -2.22. The molecule has 1 saturated carbocycles. The minimum Gasteiger partial charge on any atom is -0.351 e. The van der Waals surface area contributed by atoms with Gasteiger partial charge in [-0.15, -0.1) is 0 Å². The summed E-state index contributed by atoms with van der Waals surface area (Å²) in [6, 6.07) is 0.381. The molecule has 1 aliphatic rings. The van der Waals surface area contributed by atoms with Crippen LogP contribution in [-0.2, 0) is 4.79 Å². The number of nitrogens with one attached hydrogen (secondary N) is 1. The molecule has 1 fully saturated rings. The van der Waals surface area contributed by atoms with Gasteiger partial charge in [-0.2, -0.15) is 11.8 Å². The van der Waals surface area contributed by atoms with Gasteiger partial charge in [-0.1, -0.05) is 36.2 Å². The van der Waals surface area contributed by atoms with Crippen LogP contribution >= 0.6 is 27.7 Å². The summed E-state index contributed by atoms with van der Waals surface area (Å²) in [5.74, 6) is 0.495. The summed E-state index contributed by atoms with van der Waals surface area (Å²) in [6.07, 6.45) is 5.74. The molecule has 2 nitrogen and oxygen atoms in total. The van der Waals surface area contributed by atoms with Crippen LogP contribution in [0.3, 0.4) is 0 Å². The van der Waals surface area contributed by atoms with Gasteiger partial charge < -0.3 is 5.32 Å². The van der Waals surface area contributed by atoms with Crippen molar-refractivity contribution in [1.29, 1.82) is 0 Å². The van der Waals surface area contributed by atoms with Crippen molar-refractivity contribution in [3.05, 3.63) is 0 Å². The fourth-order valence-electron chi connectivity index (χ4n) is 1.94. The van der Waals surface area contributed by atoms with Crippen LogP contribution in [0.25, 0.3) is 0 Å². The maximum Gasteiger partial charge on any atom is 0.234 e. The van der Waals surface area contributed by atoms with Gasteiger partial charge in [-0.05, 0) is 25.0 Å². The molecule has 15 heavy (non-hydrogen) atoms. The summed E-state index contributed by atoms with van der Waals surface area (Å²) in [6.45, 7) is 4.11. The van der Waals surface area contributed by atoms with E-state index >= 15 is 0 Å². The molecule has 1 aliphatic carbocycles.